The van der Waals surface area contributed by atoms with Gasteiger partial charge < -0.3 is 9.80 Å². The van der Waals surface area contributed by atoms with E-state index in [2.05, 4.69) is 9.97 Å². The Morgan fingerprint density at radius 3 is 2.73 bits per heavy atom. The highest BCUT2D eigenvalue weighted by atomic mass is 19.4. The third-order valence-electron chi connectivity index (χ3n) is 4.59. The van der Waals surface area contributed by atoms with Crippen LogP contribution in [0, 0.1) is 18.3 Å². The minimum atomic E-state index is -4.46. The van der Waals surface area contributed by atoms with Crippen LogP contribution in [0.15, 0.2) is 30.5 Å². The Morgan fingerprint density at radius 1 is 1.31 bits per heavy atom. The fraction of sp³-hybridized carbons (Fsp3) is 0.389. The van der Waals surface area contributed by atoms with Gasteiger partial charge >= 0.3 is 6.18 Å². The maximum Gasteiger partial charge on any atom is 0.416 e. The summed E-state index contributed by atoms with van der Waals surface area (Å²) in [6.45, 7) is 3.14. The van der Waals surface area contributed by atoms with Crippen LogP contribution in [0.25, 0.3) is 0 Å². The summed E-state index contributed by atoms with van der Waals surface area (Å²) in [5.41, 5.74) is 0.626. The van der Waals surface area contributed by atoms with E-state index in [-0.39, 0.29) is 11.6 Å². The maximum atomic E-state index is 12.9. The molecule has 1 unspecified atom stereocenters. The highest BCUT2D eigenvalue weighted by Crippen LogP contribution is 2.34. The molecule has 1 atom stereocenters. The average molecular weight is 361 g/mol. The molecule has 1 aliphatic heterocycles. The van der Waals surface area contributed by atoms with Crippen LogP contribution in [0.4, 0.5) is 24.8 Å². The van der Waals surface area contributed by atoms with Crippen LogP contribution in [0.5, 0.6) is 0 Å². The minimum Gasteiger partial charge on any atom is -0.368 e. The van der Waals surface area contributed by atoms with Crippen LogP contribution in [0.1, 0.15) is 23.2 Å². The predicted molar refractivity (Wildman–Crippen MR) is 91.9 cm³/mol. The lowest BCUT2D eigenvalue weighted by Gasteiger charge is -2.26. The van der Waals surface area contributed by atoms with Crippen molar-refractivity contribution in [1.29, 1.82) is 5.26 Å². The van der Waals surface area contributed by atoms with Crippen molar-refractivity contribution < 1.29 is 13.2 Å². The molecule has 1 saturated heterocycles. The van der Waals surface area contributed by atoms with Crippen molar-refractivity contribution in [2.75, 3.05) is 29.9 Å². The number of rotatable bonds is 3. The summed E-state index contributed by atoms with van der Waals surface area (Å²) in [6.07, 6.45) is -1.95. The van der Waals surface area contributed by atoms with Crippen LogP contribution in [-0.2, 0) is 6.18 Å². The predicted octanol–water partition coefficient (Wildman–Crippen LogP) is 3.39. The van der Waals surface area contributed by atoms with Crippen molar-refractivity contribution in [2.45, 2.75) is 25.6 Å². The number of hydrogen-bond acceptors (Lipinski definition) is 5. The largest absolute Gasteiger partial charge is 0.416 e. The van der Waals surface area contributed by atoms with Gasteiger partial charge in [0.2, 0.25) is 5.95 Å². The molecule has 0 saturated carbocycles. The van der Waals surface area contributed by atoms with Crippen molar-refractivity contribution in [3.63, 3.8) is 0 Å². The fourth-order valence-electron chi connectivity index (χ4n) is 3.12. The molecule has 2 heterocycles. The molecule has 5 nitrogen and oxygen atoms in total. The van der Waals surface area contributed by atoms with E-state index in [1.165, 1.54) is 6.07 Å². The number of nitriles is 1. The zero-order chi connectivity index (χ0) is 18.9. The van der Waals surface area contributed by atoms with Crippen molar-refractivity contribution in [1.82, 2.24) is 9.97 Å². The van der Waals surface area contributed by atoms with Crippen LogP contribution >= 0.6 is 0 Å². The normalized spacial score (nSPS) is 17.2. The number of aryl methyl sites for hydroxylation is 1. The molecule has 2 aromatic rings. The van der Waals surface area contributed by atoms with Crippen molar-refractivity contribution in [3.8, 4) is 6.07 Å². The van der Waals surface area contributed by atoms with Gasteiger partial charge in [-0.05, 0) is 37.6 Å². The van der Waals surface area contributed by atoms with Crippen LogP contribution in [-0.4, -0.2) is 36.1 Å². The Hall–Kier alpha value is -2.82. The molecule has 1 aliphatic rings. The SMILES string of the molecule is Cc1ccnc(N(C)C2CCN(c3ccc(C(F)(F)F)cc3C#N)C2)n1. The fourth-order valence-corrected chi connectivity index (χ4v) is 3.12. The molecule has 3 rings (SSSR count). The minimum absolute atomic E-state index is 0.0370. The molecular weight excluding hydrogens is 343 g/mol. The molecule has 26 heavy (non-hydrogen) atoms. The lowest BCUT2D eigenvalue weighted by molar-refractivity contribution is -0.137. The second kappa shape index (κ2) is 6.83. The Bertz CT molecular complexity index is 843. The first-order chi connectivity index (χ1) is 12.3. The second-order valence-corrected chi connectivity index (χ2v) is 6.34. The Labute approximate surface area is 149 Å². The van der Waals surface area contributed by atoms with Gasteiger partial charge in [-0.25, -0.2) is 9.97 Å². The van der Waals surface area contributed by atoms with Gasteiger partial charge in [0, 0.05) is 32.0 Å². The lowest BCUT2D eigenvalue weighted by Crippen LogP contribution is -2.35. The number of aromatic nitrogens is 2. The molecule has 0 amide bonds. The zero-order valence-corrected chi connectivity index (χ0v) is 14.5. The number of benzene rings is 1. The Balaban J connectivity index is 1.79. The Morgan fingerprint density at radius 2 is 2.08 bits per heavy atom. The number of anilines is 2. The van der Waals surface area contributed by atoms with Gasteiger partial charge in [-0.3, -0.25) is 0 Å². The van der Waals surface area contributed by atoms with E-state index in [4.69, 9.17) is 0 Å². The first kappa shape index (κ1) is 18.0. The van der Waals surface area contributed by atoms with Gasteiger partial charge in [-0.1, -0.05) is 0 Å². The molecular formula is C18H18F3N5. The highest BCUT2D eigenvalue weighted by molar-refractivity contribution is 5.61. The van der Waals surface area contributed by atoms with Gasteiger partial charge in [0.05, 0.1) is 22.9 Å². The van der Waals surface area contributed by atoms with Gasteiger partial charge in [0.15, 0.2) is 0 Å². The summed E-state index contributed by atoms with van der Waals surface area (Å²) >= 11 is 0. The first-order valence-electron chi connectivity index (χ1n) is 8.18. The molecule has 0 bridgehead atoms. The summed E-state index contributed by atoms with van der Waals surface area (Å²) in [5.74, 6) is 0.616. The number of hydrogen-bond donors (Lipinski definition) is 0. The summed E-state index contributed by atoms with van der Waals surface area (Å²) < 4.78 is 38.6. The third-order valence-corrected chi connectivity index (χ3v) is 4.59. The van der Waals surface area contributed by atoms with E-state index < -0.39 is 11.7 Å². The summed E-state index contributed by atoms with van der Waals surface area (Å²) in [7, 11) is 1.90. The topological polar surface area (TPSA) is 56.1 Å². The van der Waals surface area contributed by atoms with E-state index in [1.807, 2.05) is 35.9 Å². The first-order valence-corrected chi connectivity index (χ1v) is 8.18. The van der Waals surface area contributed by atoms with Crippen molar-refractivity contribution >= 4 is 11.6 Å². The molecule has 0 aliphatic carbocycles. The highest BCUT2D eigenvalue weighted by Gasteiger charge is 2.33. The summed E-state index contributed by atoms with van der Waals surface area (Å²) in [5, 5.41) is 9.28. The quantitative estimate of drug-likeness (QED) is 0.839. The van der Waals surface area contributed by atoms with Crippen molar-refractivity contribution in [3.05, 3.63) is 47.3 Å². The number of halogens is 3. The molecule has 1 aromatic carbocycles. The van der Waals surface area contributed by atoms with Gasteiger partial charge in [0.25, 0.3) is 0 Å². The van der Waals surface area contributed by atoms with Crippen LogP contribution in [0.2, 0.25) is 0 Å². The smallest absolute Gasteiger partial charge is 0.368 e. The lowest BCUT2D eigenvalue weighted by atomic mass is 10.1. The van der Waals surface area contributed by atoms with Crippen LogP contribution < -0.4 is 9.80 Å². The Kier molecular flexibility index (Phi) is 4.72. The number of alkyl halides is 3. The van der Waals surface area contributed by atoms with E-state index >= 15 is 0 Å². The van der Waals surface area contributed by atoms with Crippen LogP contribution in [0.3, 0.4) is 0 Å². The van der Waals surface area contributed by atoms with E-state index in [9.17, 15) is 18.4 Å². The summed E-state index contributed by atoms with van der Waals surface area (Å²) in [6, 6.07) is 7.14. The van der Waals surface area contributed by atoms with Gasteiger partial charge in [-0.15, -0.1) is 0 Å². The molecule has 136 valence electrons. The van der Waals surface area contributed by atoms with E-state index in [1.54, 1.807) is 6.20 Å². The van der Waals surface area contributed by atoms with E-state index in [0.29, 0.717) is 24.7 Å². The summed E-state index contributed by atoms with van der Waals surface area (Å²) in [4.78, 5) is 12.6. The zero-order valence-electron chi connectivity index (χ0n) is 14.5. The number of nitrogens with zero attached hydrogens (tertiary/aromatic N) is 5. The standard InChI is InChI=1S/C18H18F3N5/c1-12-5-7-23-17(24-12)25(2)15-6-8-26(11-15)16-4-3-14(18(19,20)21)9-13(16)10-22/h3-5,7,9,15H,6,8,11H2,1-2H3. The second-order valence-electron chi connectivity index (χ2n) is 6.34. The molecule has 1 fully saturated rings. The van der Waals surface area contributed by atoms with Gasteiger partial charge in [-0.2, -0.15) is 18.4 Å². The molecule has 0 spiro atoms. The van der Waals surface area contributed by atoms with Gasteiger partial charge in [0.1, 0.15) is 6.07 Å². The third kappa shape index (κ3) is 3.57. The van der Waals surface area contributed by atoms with Crippen molar-refractivity contribution in [2.24, 2.45) is 0 Å². The molecule has 0 N–H and O–H groups in total. The molecule has 8 heteroatoms. The molecule has 0 radical (unpaired) electrons. The van der Waals surface area contributed by atoms with E-state index in [0.717, 1.165) is 24.2 Å². The average Bonchev–Trinajstić information content (AvgIpc) is 3.09. The monoisotopic (exact) mass is 361 g/mol. The molecule has 1 aromatic heterocycles. The maximum absolute atomic E-state index is 12.9. The number of likely N-dealkylation sites (N-methyl/N-ethyl adjacent to an activating group) is 1.